The lowest BCUT2D eigenvalue weighted by Crippen LogP contribution is -2.20. The van der Waals surface area contributed by atoms with Gasteiger partial charge in [-0.2, -0.15) is 13.2 Å². The quantitative estimate of drug-likeness (QED) is 0.824. The third-order valence-corrected chi connectivity index (χ3v) is 4.75. The summed E-state index contributed by atoms with van der Waals surface area (Å²) in [4.78, 5) is 1.58. The van der Waals surface area contributed by atoms with E-state index in [1.54, 1.807) is 6.07 Å². The molecule has 1 heterocycles. The van der Waals surface area contributed by atoms with Gasteiger partial charge in [0.15, 0.2) is 0 Å². The summed E-state index contributed by atoms with van der Waals surface area (Å²) in [6, 6.07) is 13.4. The van der Waals surface area contributed by atoms with Crippen LogP contribution in [0.2, 0.25) is 0 Å². The summed E-state index contributed by atoms with van der Waals surface area (Å²) in [6.45, 7) is 1.76. The van der Waals surface area contributed by atoms with E-state index in [9.17, 15) is 13.2 Å². The van der Waals surface area contributed by atoms with Gasteiger partial charge in [-0.05, 0) is 48.4 Å². The fourth-order valence-corrected chi connectivity index (χ4v) is 3.59. The number of nitrogens with one attached hydrogen (secondary N) is 1. The number of halogens is 3. The fraction of sp³-hybridized carbons (Fsp3) is 0.222. The molecule has 0 aliphatic carbocycles. The van der Waals surface area contributed by atoms with Gasteiger partial charge < -0.3 is 5.32 Å². The first-order chi connectivity index (χ1) is 11.0. The molecular weight excluding hydrogens is 319 g/mol. The van der Waals surface area contributed by atoms with Crippen LogP contribution in [0, 0.1) is 0 Å². The van der Waals surface area contributed by atoms with E-state index in [1.807, 2.05) is 24.3 Å². The van der Waals surface area contributed by atoms with Crippen LogP contribution >= 0.6 is 11.8 Å². The van der Waals surface area contributed by atoms with Crippen LogP contribution in [0.25, 0.3) is 5.57 Å². The summed E-state index contributed by atoms with van der Waals surface area (Å²) >= 11 is 1.38. The van der Waals surface area contributed by atoms with Crippen LogP contribution in [0.15, 0.2) is 64.4 Å². The maximum atomic E-state index is 12.9. The Morgan fingerprint density at radius 3 is 2.57 bits per heavy atom. The molecule has 0 bridgehead atoms. The number of rotatable bonds is 3. The standard InChI is InChI=1S/C18H16F3NS/c19-18(20,21)14-4-3-5-15(12-14)23-17-7-2-1-6-16(17)13-8-10-22-11-9-13/h1-8,12,22H,9-11H2. The lowest BCUT2D eigenvalue weighted by Gasteiger charge is -2.17. The van der Waals surface area contributed by atoms with E-state index >= 15 is 0 Å². The van der Waals surface area contributed by atoms with Crippen molar-refractivity contribution in [2.75, 3.05) is 13.1 Å². The van der Waals surface area contributed by atoms with Crippen molar-refractivity contribution < 1.29 is 13.2 Å². The molecular formula is C18H16F3NS. The predicted molar refractivity (Wildman–Crippen MR) is 87.5 cm³/mol. The van der Waals surface area contributed by atoms with E-state index in [-0.39, 0.29) is 0 Å². The lowest BCUT2D eigenvalue weighted by atomic mass is 10.0. The Balaban J connectivity index is 1.90. The van der Waals surface area contributed by atoms with Crippen LogP contribution in [0.4, 0.5) is 13.2 Å². The average molecular weight is 335 g/mol. The van der Waals surface area contributed by atoms with Crippen LogP contribution in [0.3, 0.4) is 0 Å². The molecule has 0 amide bonds. The summed E-state index contributed by atoms with van der Waals surface area (Å²) in [7, 11) is 0. The van der Waals surface area contributed by atoms with Crippen molar-refractivity contribution >= 4 is 17.3 Å². The number of benzene rings is 2. The van der Waals surface area contributed by atoms with Crippen LogP contribution in [0.5, 0.6) is 0 Å². The van der Waals surface area contributed by atoms with Crippen molar-refractivity contribution in [3.63, 3.8) is 0 Å². The van der Waals surface area contributed by atoms with Crippen molar-refractivity contribution in [2.24, 2.45) is 0 Å². The summed E-state index contributed by atoms with van der Waals surface area (Å²) in [5, 5.41) is 3.27. The molecule has 120 valence electrons. The van der Waals surface area contributed by atoms with Crippen molar-refractivity contribution in [2.45, 2.75) is 22.4 Å². The topological polar surface area (TPSA) is 12.0 Å². The minimum atomic E-state index is -4.31. The molecule has 0 saturated heterocycles. The molecule has 0 atom stereocenters. The number of hydrogen-bond acceptors (Lipinski definition) is 2. The molecule has 0 saturated carbocycles. The van der Waals surface area contributed by atoms with Gasteiger partial charge in [0.05, 0.1) is 5.56 Å². The van der Waals surface area contributed by atoms with E-state index in [0.29, 0.717) is 4.90 Å². The Kier molecular flexibility index (Phi) is 4.78. The minimum Gasteiger partial charge on any atom is -0.313 e. The number of hydrogen-bond donors (Lipinski definition) is 1. The first-order valence-corrected chi connectivity index (χ1v) is 8.20. The van der Waals surface area contributed by atoms with Crippen molar-refractivity contribution in [3.8, 4) is 0 Å². The molecule has 3 rings (SSSR count). The SMILES string of the molecule is FC(F)(F)c1cccc(Sc2ccccc2C2=CCNCC2)c1. The highest BCUT2D eigenvalue weighted by atomic mass is 32.2. The number of alkyl halides is 3. The lowest BCUT2D eigenvalue weighted by molar-refractivity contribution is -0.137. The van der Waals surface area contributed by atoms with E-state index in [0.717, 1.165) is 36.0 Å². The third kappa shape index (κ3) is 3.98. The van der Waals surface area contributed by atoms with E-state index < -0.39 is 11.7 Å². The van der Waals surface area contributed by atoms with E-state index in [1.165, 1.54) is 29.5 Å². The maximum absolute atomic E-state index is 12.9. The molecule has 0 spiro atoms. The molecule has 1 N–H and O–H groups in total. The zero-order valence-electron chi connectivity index (χ0n) is 12.4. The Hall–Kier alpha value is -1.72. The van der Waals surface area contributed by atoms with Gasteiger partial charge in [0.2, 0.25) is 0 Å². The van der Waals surface area contributed by atoms with Gasteiger partial charge in [-0.1, -0.05) is 42.1 Å². The summed E-state index contributed by atoms with van der Waals surface area (Å²) in [5.41, 5.74) is 1.75. The van der Waals surface area contributed by atoms with Gasteiger partial charge >= 0.3 is 6.18 Å². The monoisotopic (exact) mass is 335 g/mol. The largest absolute Gasteiger partial charge is 0.416 e. The first-order valence-electron chi connectivity index (χ1n) is 7.38. The molecule has 23 heavy (non-hydrogen) atoms. The Morgan fingerprint density at radius 2 is 1.83 bits per heavy atom. The van der Waals surface area contributed by atoms with E-state index in [2.05, 4.69) is 11.4 Å². The molecule has 1 aliphatic heterocycles. The van der Waals surface area contributed by atoms with Gasteiger partial charge in [-0.15, -0.1) is 0 Å². The molecule has 1 aliphatic rings. The van der Waals surface area contributed by atoms with Gasteiger partial charge in [0.25, 0.3) is 0 Å². The Bertz CT molecular complexity index is 722. The normalized spacial score (nSPS) is 15.3. The van der Waals surface area contributed by atoms with Gasteiger partial charge in [0, 0.05) is 16.3 Å². The zero-order chi connectivity index (χ0) is 16.3. The molecule has 0 radical (unpaired) electrons. The zero-order valence-corrected chi connectivity index (χ0v) is 13.2. The summed E-state index contributed by atoms with van der Waals surface area (Å²) in [6.07, 6.45) is -1.23. The molecule has 2 aromatic rings. The first kappa shape index (κ1) is 16.1. The highest BCUT2D eigenvalue weighted by Crippen LogP contribution is 2.37. The minimum absolute atomic E-state index is 0.599. The fourth-order valence-electron chi connectivity index (χ4n) is 2.55. The predicted octanol–water partition coefficient (Wildman–Crippen LogP) is 5.23. The summed E-state index contributed by atoms with van der Waals surface area (Å²) in [5.74, 6) is 0. The highest BCUT2D eigenvalue weighted by molar-refractivity contribution is 7.99. The van der Waals surface area contributed by atoms with Gasteiger partial charge in [0.1, 0.15) is 0 Å². The molecule has 1 nitrogen and oxygen atoms in total. The van der Waals surface area contributed by atoms with E-state index in [4.69, 9.17) is 0 Å². The second-order valence-corrected chi connectivity index (χ2v) is 6.42. The molecule has 0 unspecified atom stereocenters. The Labute approximate surface area is 137 Å². The van der Waals surface area contributed by atoms with Gasteiger partial charge in [-0.3, -0.25) is 0 Å². The third-order valence-electron chi connectivity index (χ3n) is 3.69. The van der Waals surface area contributed by atoms with Crippen LogP contribution in [0.1, 0.15) is 17.5 Å². The Morgan fingerprint density at radius 1 is 1.00 bits per heavy atom. The summed E-state index contributed by atoms with van der Waals surface area (Å²) < 4.78 is 38.6. The van der Waals surface area contributed by atoms with Crippen molar-refractivity contribution in [1.29, 1.82) is 0 Å². The van der Waals surface area contributed by atoms with Crippen molar-refractivity contribution in [1.82, 2.24) is 5.32 Å². The van der Waals surface area contributed by atoms with Crippen LogP contribution in [-0.2, 0) is 6.18 Å². The molecule has 0 aromatic heterocycles. The molecule has 2 aromatic carbocycles. The van der Waals surface area contributed by atoms with Gasteiger partial charge in [-0.25, -0.2) is 0 Å². The second-order valence-electron chi connectivity index (χ2n) is 5.31. The molecule has 0 fully saturated rings. The smallest absolute Gasteiger partial charge is 0.313 e. The average Bonchev–Trinajstić information content (AvgIpc) is 2.56. The highest BCUT2D eigenvalue weighted by Gasteiger charge is 2.30. The van der Waals surface area contributed by atoms with Crippen LogP contribution < -0.4 is 5.32 Å². The maximum Gasteiger partial charge on any atom is 0.416 e. The van der Waals surface area contributed by atoms with Crippen molar-refractivity contribution in [3.05, 3.63) is 65.7 Å². The molecule has 5 heteroatoms. The second kappa shape index (κ2) is 6.81. The van der Waals surface area contributed by atoms with Crippen LogP contribution in [-0.4, -0.2) is 13.1 Å².